The van der Waals surface area contributed by atoms with Gasteiger partial charge in [0.05, 0.1) is 11.0 Å². The molecule has 0 spiro atoms. The van der Waals surface area contributed by atoms with E-state index in [0.29, 0.717) is 0 Å². The SMILES string of the molecule is Cc1ccccc1-c1c(C)ccc2c1c1ccccc1n2-c1ccc2ccccc2c1. The van der Waals surface area contributed by atoms with Crippen LogP contribution in [-0.2, 0) is 0 Å². The van der Waals surface area contributed by atoms with E-state index in [1.807, 2.05) is 0 Å². The van der Waals surface area contributed by atoms with Crippen molar-refractivity contribution in [1.29, 1.82) is 0 Å². The molecule has 0 atom stereocenters. The third-order valence-corrected chi connectivity index (χ3v) is 6.45. The van der Waals surface area contributed by atoms with Gasteiger partial charge in [-0.2, -0.15) is 0 Å². The lowest BCUT2D eigenvalue weighted by Gasteiger charge is -2.13. The molecule has 0 radical (unpaired) electrons. The van der Waals surface area contributed by atoms with Gasteiger partial charge in [0.15, 0.2) is 0 Å². The molecule has 0 aliphatic heterocycles. The first-order valence-corrected chi connectivity index (χ1v) is 10.8. The molecular formula is C30H23N. The molecule has 31 heavy (non-hydrogen) atoms. The minimum absolute atomic E-state index is 1.20. The number of rotatable bonds is 2. The van der Waals surface area contributed by atoms with Crippen molar-refractivity contribution in [2.24, 2.45) is 0 Å². The minimum Gasteiger partial charge on any atom is -0.309 e. The molecule has 0 N–H and O–H groups in total. The molecular weight excluding hydrogens is 374 g/mol. The van der Waals surface area contributed by atoms with Gasteiger partial charge in [0.1, 0.15) is 0 Å². The van der Waals surface area contributed by atoms with Gasteiger partial charge < -0.3 is 4.57 Å². The summed E-state index contributed by atoms with van der Waals surface area (Å²) < 4.78 is 2.42. The van der Waals surface area contributed by atoms with E-state index in [2.05, 4.69) is 122 Å². The number of hydrogen-bond acceptors (Lipinski definition) is 0. The minimum atomic E-state index is 1.20. The Labute approximate surface area is 182 Å². The van der Waals surface area contributed by atoms with Crippen LogP contribution in [0.5, 0.6) is 0 Å². The molecule has 0 fully saturated rings. The summed E-state index contributed by atoms with van der Waals surface area (Å²) in [5.41, 5.74) is 8.96. The standard InChI is InChI=1S/C30H23N/c1-20-9-3-6-12-25(20)29-21(2)15-18-28-30(29)26-13-7-8-14-27(26)31(28)24-17-16-22-10-4-5-11-23(22)19-24/h3-19H,1-2H3. The molecule has 0 saturated carbocycles. The van der Waals surface area contributed by atoms with E-state index in [9.17, 15) is 0 Å². The molecule has 0 unspecified atom stereocenters. The number of fused-ring (bicyclic) bond motifs is 4. The van der Waals surface area contributed by atoms with Crippen molar-refractivity contribution < 1.29 is 0 Å². The van der Waals surface area contributed by atoms with Crippen molar-refractivity contribution in [2.45, 2.75) is 13.8 Å². The molecule has 0 aliphatic carbocycles. The summed E-state index contributed by atoms with van der Waals surface area (Å²) in [5.74, 6) is 0. The Bertz CT molecular complexity index is 1600. The molecule has 0 amide bonds. The highest BCUT2D eigenvalue weighted by atomic mass is 15.0. The van der Waals surface area contributed by atoms with Crippen molar-refractivity contribution in [2.75, 3.05) is 0 Å². The first kappa shape index (κ1) is 18.0. The van der Waals surface area contributed by atoms with Crippen molar-refractivity contribution >= 4 is 32.6 Å². The predicted molar refractivity (Wildman–Crippen MR) is 133 cm³/mol. The average Bonchev–Trinajstić information content (AvgIpc) is 3.14. The van der Waals surface area contributed by atoms with Crippen molar-refractivity contribution in [3.05, 3.63) is 114 Å². The Hall–Kier alpha value is -3.84. The fraction of sp³-hybridized carbons (Fsp3) is 0.0667. The van der Waals surface area contributed by atoms with Gasteiger partial charge in [-0.3, -0.25) is 0 Å². The second kappa shape index (κ2) is 6.85. The van der Waals surface area contributed by atoms with E-state index in [1.165, 1.54) is 60.5 Å². The maximum Gasteiger partial charge on any atom is 0.0547 e. The van der Waals surface area contributed by atoms with Crippen LogP contribution in [0, 0.1) is 13.8 Å². The Balaban J connectivity index is 1.77. The summed E-state index contributed by atoms with van der Waals surface area (Å²) in [7, 11) is 0. The molecule has 0 bridgehead atoms. The van der Waals surface area contributed by atoms with E-state index in [0.717, 1.165) is 0 Å². The quantitative estimate of drug-likeness (QED) is 0.277. The maximum atomic E-state index is 2.42. The monoisotopic (exact) mass is 397 g/mol. The first-order chi connectivity index (χ1) is 15.2. The molecule has 148 valence electrons. The van der Waals surface area contributed by atoms with E-state index >= 15 is 0 Å². The molecule has 1 heteroatoms. The molecule has 0 saturated heterocycles. The highest BCUT2D eigenvalue weighted by molar-refractivity contribution is 6.16. The van der Waals surface area contributed by atoms with Gasteiger partial charge in [0.2, 0.25) is 0 Å². The van der Waals surface area contributed by atoms with Gasteiger partial charge in [-0.25, -0.2) is 0 Å². The van der Waals surface area contributed by atoms with Crippen LogP contribution in [0.1, 0.15) is 11.1 Å². The van der Waals surface area contributed by atoms with E-state index in [1.54, 1.807) is 0 Å². The van der Waals surface area contributed by atoms with Gasteiger partial charge >= 0.3 is 0 Å². The fourth-order valence-electron chi connectivity index (χ4n) is 4.96. The Morgan fingerprint density at radius 3 is 2.16 bits per heavy atom. The van der Waals surface area contributed by atoms with Gasteiger partial charge in [-0.15, -0.1) is 0 Å². The first-order valence-electron chi connectivity index (χ1n) is 10.8. The zero-order valence-corrected chi connectivity index (χ0v) is 17.8. The highest BCUT2D eigenvalue weighted by Crippen LogP contribution is 2.41. The van der Waals surface area contributed by atoms with Crippen LogP contribution in [-0.4, -0.2) is 4.57 Å². The summed E-state index contributed by atoms with van der Waals surface area (Å²) in [5, 5.41) is 5.16. The number of hydrogen-bond donors (Lipinski definition) is 0. The Morgan fingerprint density at radius 1 is 0.548 bits per heavy atom. The summed E-state index contributed by atoms with van der Waals surface area (Å²) in [6, 6.07) is 37.4. The number of aromatic nitrogens is 1. The van der Waals surface area contributed by atoms with Crippen LogP contribution >= 0.6 is 0 Å². The molecule has 6 rings (SSSR count). The lowest BCUT2D eigenvalue weighted by atomic mass is 9.92. The van der Waals surface area contributed by atoms with Crippen LogP contribution in [0.2, 0.25) is 0 Å². The normalized spacial score (nSPS) is 11.5. The summed E-state index contributed by atoms with van der Waals surface area (Å²) in [6.45, 7) is 4.43. The largest absolute Gasteiger partial charge is 0.309 e. The fourth-order valence-corrected chi connectivity index (χ4v) is 4.96. The van der Waals surface area contributed by atoms with Crippen molar-refractivity contribution in [3.8, 4) is 16.8 Å². The lowest BCUT2D eigenvalue weighted by Crippen LogP contribution is -1.94. The van der Waals surface area contributed by atoms with E-state index in [4.69, 9.17) is 0 Å². The molecule has 5 aromatic carbocycles. The van der Waals surface area contributed by atoms with Gasteiger partial charge in [-0.05, 0) is 71.1 Å². The van der Waals surface area contributed by atoms with Gasteiger partial charge in [-0.1, -0.05) is 78.9 Å². The Kier molecular flexibility index (Phi) is 3.97. The summed E-state index contributed by atoms with van der Waals surface area (Å²) in [4.78, 5) is 0. The predicted octanol–water partition coefficient (Wildman–Crippen LogP) is 8.22. The molecule has 6 aromatic rings. The van der Waals surface area contributed by atoms with Crippen LogP contribution in [0.3, 0.4) is 0 Å². The molecule has 1 heterocycles. The second-order valence-electron chi connectivity index (χ2n) is 8.35. The summed E-state index contributed by atoms with van der Waals surface area (Å²) in [6.07, 6.45) is 0. The molecule has 1 nitrogen and oxygen atoms in total. The number of aryl methyl sites for hydroxylation is 2. The zero-order chi connectivity index (χ0) is 20.9. The van der Waals surface area contributed by atoms with E-state index < -0.39 is 0 Å². The maximum absolute atomic E-state index is 2.42. The third kappa shape index (κ3) is 2.70. The van der Waals surface area contributed by atoms with Gasteiger partial charge in [0.25, 0.3) is 0 Å². The van der Waals surface area contributed by atoms with Crippen molar-refractivity contribution in [1.82, 2.24) is 4.57 Å². The number of para-hydroxylation sites is 1. The van der Waals surface area contributed by atoms with Crippen LogP contribution in [0.4, 0.5) is 0 Å². The topological polar surface area (TPSA) is 4.93 Å². The van der Waals surface area contributed by atoms with Crippen molar-refractivity contribution in [3.63, 3.8) is 0 Å². The summed E-state index contributed by atoms with van der Waals surface area (Å²) >= 11 is 0. The third-order valence-electron chi connectivity index (χ3n) is 6.45. The van der Waals surface area contributed by atoms with E-state index in [-0.39, 0.29) is 0 Å². The van der Waals surface area contributed by atoms with Crippen LogP contribution in [0.25, 0.3) is 49.4 Å². The van der Waals surface area contributed by atoms with Crippen LogP contribution in [0.15, 0.2) is 103 Å². The number of nitrogens with zero attached hydrogens (tertiary/aromatic N) is 1. The van der Waals surface area contributed by atoms with Gasteiger partial charge in [0, 0.05) is 16.5 Å². The Morgan fingerprint density at radius 2 is 1.29 bits per heavy atom. The highest BCUT2D eigenvalue weighted by Gasteiger charge is 2.18. The van der Waals surface area contributed by atoms with Crippen LogP contribution < -0.4 is 0 Å². The lowest BCUT2D eigenvalue weighted by molar-refractivity contribution is 1.18. The molecule has 1 aromatic heterocycles. The number of benzene rings is 5. The molecule has 0 aliphatic rings. The average molecular weight is 398 g/mol. The zero-order valence-electron chi connectivity index (χ0n) is 17.8. The second-order valence-corrected chi connectivity index (χ2v) is 8.35. The smallest absolute Gasteiger partial charge is 0.0547 e.